The van der Waals surface area contributed by atoms with E-state index in [0.29, 0.717) is 22.6 Å². The first-order chi connectivity index (χ1) is 7.50. The summed E-state index contributed by atoms with van der Waals surface area (Å²) in [5.74, 6) is 0.223. The Bertz CT molecular complexity index is 368. The van der Waals surface area contributed by atoms with E-state index in [9.17, 15) is 4.79 Å². The van der Waals surface area contributed by atoms with Crippen LogP contribution in [0.2, 0.25) is 0 Å². The lowest BCUT2D eigenvalue weighted by Gasteiger charge is -2.14. The van der Waals surface area contributed by atoms with Crippen LogP contribution in [-0.4, -0.2) is 16.9 Å². The van der Waals surface area contributed by atoms with Gasteiger partial charge in [0.15, 0.2) is 0 Å². The second kappa shape index (κ2) is 5.96. The number of nitrogens with two attached hydrogens (primary N) is 1. The standard InChI is InChI=1S/C11H16BrN3O/c1-7(2)6-8(13)11(16)15-9-4-3-5-14-10(9)12/h3-5,7-8H,6,13H2,1-2H3,(H,15,16)/t8-/m1/s1. The molecule has 3 N–H and O–H groups in total. The summed E-state index contributed by atoms with van der Waals surface area (Å²) in [6.45, 7) is 4.07. The number of pyridine rings is 1. The van der Waals surface area contributed by atoms with Crippen molar-refractivity contribution in [2.75, 3.05) is 5.32 Å². The molecule has 0 radical (unpaired) electrons. The van der Waals surface area contributed by atoms with Crippen LogP contribution in [0.5, 0.6) is 0 Å². The van der Waals surface area contributed by atoms with Gasteiger partial charge in [-0.25, -0.2) is 4.98 Å². The van der Waals surface area contributed by atoms with Gasteiger partial charge in [-0.3, -0.25) is 4.79 Å². The van der Waals surface area contributed by atoms with Crippen LogP contribution in [-0.2, 0) is 4.79 Å². The number of anilines is 1. The van der Waals surface area contributed by atoms with Crippen molar-refractivity contribution in [3.05, 3.63) is 22.9 Å². The van der Waals surface area contributed by atoms with E-state index >= 15 is 0 Å². The molecule has 0 aromatic carbocycles. The van der Waals surface area contributed by atoms with Crippen LogP contribution in [0.1, 0.15) is 20.3 Å². The normalized spacial score (nSPS) is 12.6. The van der Waals surface area contributed by atoms with Crippen molar-refractivity contribution in [3.63, 3.8) is 0 Å². The van der Waals surface area contributed by atoms with Crippen LogP contribution in [0.15, 0.2) is 22.9 Å². The zero-order valence-corrected chi connectivity index (χ0v) is 11.0. The largest absolute Gasteiger partial charge is 0.322 e. The SMILES string of the molecule is CC(C)C[C@@H](N)C(=O)Nc1cccnc1Br. The van der Waals surface area contributed by atoms with Crippen LogP contribution in [0.4, 0.5) is 5.69 Å². The Kier molecular flexibility index (Phi) is 4.89. The average molecular weight is 286 g/mol. The van der Waals surface area contributed by atoms with E-state index in [0.717, 1.165) is 0 Å². The molecular weight excluding hydrogens is 270 g/mol. The van der Waals surface area contributed by atoms with Crippen molar-refractivity contribution in [2.45, 2.75) is 26.3 Å². The predicted molar refractivity (Wildman–Crippen MR) is 68.0 cm³/mol. The molecule has 0 aliphatic heterocycles. The number of carbonyl (C=O) groups is 1. The maximum atomic E-state index is 11.7. The molecule has 1 heterocycles. The van der Waals surface area contributed by atoms with Gasteiger partial charge in [0.1, 0.15) is 4.60 Å². The number of nitrogens with one attached hydrogen (secondary N) is 1. The average Bonchev–Trinajstić information content (AvgIpc) is 2.20. The maximum absolute atomic E-state index is 11.7. The van der Waals surface area contributed by atoms with Crippen molar-refractivity contribution < 1.29 is 4.79 Å². The molecule has 0 bridgehead atoms. The first-order valence-corrected chi connectivity index (χ1v) is 5.97. The zero-order chi connectivity index (χ0) is 12.1. The van der Waals surface area contributed by atoms with E-state index in [4.69, 9.17) is 5.73 Å². The summed E-state index contributed by atoms with van der Waals surface area (Å²) in [5, 5.41) is 2.74. The summed E-state index contributed by atoms with van der Waals surface area (Å²) < 4.78 is 0.611. The van der Waals surface area contributed by atoms with E-state index in [1.807, 2.05) is 13.8 Å². The zero-order valence-electron chi connectivity index (χ0n) is 9.40. The van der Waals surface area contributed by atoms with Gasteiger partial charge in [0.25, 0.3) is 0 Å². The van der Waals surface area contributed by atoms with E-state index < -0.39 is 6.04 Å². The van der Waals surface area contributed by atoms with Crippen LogP contribution in [0.3, 0.4) is 0 Å². The minimum Gasteiger partial charge on any atom is -0.322 e. The quantitative estimate of drug-likeness (QED) is 0.833. The molecule has 1 aromatic rings. The molecule has 0 spiro atoms. The number of hydrogen-bond acceptors (Lipinski definition) is 3. The van der Waals surface area contributed by atoms with Gasteiger partial charge in [-0.2, -0.15) is 0 Å². The summed E-state index contributed by atoms with van der Waals surface area (Å²) in [7, 11) is 0. The second-order valence-electron chi connectivity index (χ2n) is 4.07. The summed E-state index contributed by atoms with van der Waals surface area (Å²) in [6.07, 6.45) is 2.32. The topological polar surface area (TPSA) is 68.0 Å². The molecule has 0 aliphatic rings. The van der Waals surface area contributed by atoms with Gasteiger partial charge in [0.05, 0.1) is 11.7 Å². The lowest BCUT2D eigenvalue weighted by Crippen LogP contribution is -2.36. The monoisotopic (exact) mass is 285 g/mol. The molecular formula is C11H16BrN3O. The summed E-state index contributed by atoms with van der Waals surface area (Å²) in [4.78, 5) is 15.7. The number of nitrogens with zero attached hydrogens (tertiary/aromatic N) is 1. The summed E-state index contributed by atoms with van der Waals surface area (Å²) in [5.41, 5.74) is 6.41. The first kappa shape index (κ1) is 13.1. The summed E-state index contributed by atoms with van der Waals surface area (Å²) >= 11 is 3.26. The van der Waals surface area contributed by atoms with Gasteiger partial charge in [-0.05, 0) is 40.4 Å². The Labute approximate surface area is 104 Å². The van der Waals surface area contributed by atoms with Crippen LogP contribution in [0, 0.1) is 5.92 Å². The van der Waals surface area contributed by atoms with E-state index in [1.165, 1.54) is 0 Å². The van der Waals surface area contributed by atoms with Gasteiger partial charge >= 0.3 is 0 Å². The minimum atomic E-state index is -0.480. The first-order valence-electron chi connectivity index (χ1n) is 5.17. The van der Waals surface area contributed by atoms with Gasteiger partial charge < -0.3 is 11.1 Å². The Hall–Kier alpha value is -0.940. The Morgan fingerprint density at radius 3 is 2.88 bits per heavy atom. The van der Waals surface area contributed by atoms with Gasteiger partial charge in [-0.15, -0.1) is 0 Å². The van der Waals surface area contributed by atoms with Crippen LogP contribution >= 0.6 is 15.9 Å². The molecule has 0 saturated heterocycles. The third-order valence-corrected chi connectivity index (χ3v) is 2.71. The highest BCUT2D eigenvalue weighted by Gasteiger charge is 2.15. The fraction of sp³-hybridized carbons (Fsp3) is 0.455. The molecule has 0 saturated carbocycles. The molecule has 0 aliphatic carbocycles. The van der Waals surface area contributed by atoms with Crippen molar-refractivity contribution in [1.82, 2.24) is 4.98 Å². The number of amides is 1. The van der Waals surface area contributed by atoms with Gasteiger partial charge in [0.2, 0.25) is 5.91 Å². The van der Waals surface area contributed by atoms with Crippen molar-refractivity contribution in [3.8, 4) is 0 Å². The second-order valence-corrected chi connectivity index (χ2v) is 4.82. The molecule has 5 heteroatoms. The van der Waals surface area contributed by atoms with Crippen LogP contribution in [0.25, 0.3) is 0 Å². The maximum Gasteiger partial charge on any atom is 0.241 e. The third-order valence-electron chi connectivity index (χ3n) is 2.08. The molecule has 1 atom stereocenters. The Balaban J connectivity index is 2.61. The van der Waals surface area contributed by atoms with E-state index in [2.05, 4.69) is 26.2 Å². The predicted octanol–water partition coefficient (Wildman–Crippen LogP) is 2.16. The highest BCUT2D eigenvalue weighted by molar-refractivity contribution is 9.10. The third kappa shape index (κ3) is 3.90. The highest BCUT2D eigenvalue weighted by atomic mass is 79.9. The van der Waals surface area contributed by atoms with Crippen LogP contribution < -0.4 is 11.1 Å². The highest BCUT2D eigenvalue weighted by Crippen LogP contribution is 2.18. The Morgan fingerprint density at radius 1 is 1.62 bits per heavy atom. The number of rotatable bonds is 4. The fourth-order valence-corrected chi connectivity index (χ4v) is 1.67. The molecule has 16 heavy (non-hydrogen) atoms. The Morgan fingerprint density at radius 2 is 2.31 bits per heavy atom. The number of aromatic nitrogens is 1. The van der Waals surface area contributed by atoms with Crippen molar-refractivity contribution in [1.29, 1.82) is 0 Å². The lowest BCUT2D eigenvalue weighted by molar-refractivity contribution is -0.117. The molecule has 1 rings (SSSR count). The number of halogens is 1. The van der Waals surface area contributed by atoms with E-state index in [1.54, 1.807) is 18.3 Å². The number of carbonyl (C=O) groups excluding carboxylic acids is 1. The summed E-state index contributed by atoms with van der Waals surface area (Å²) in [6, 6.07) is 3.05. The van der Waals surface area contributed by atoms with Crippen molar-refractivity contribution >= 4 is 27.5 Å². The van der Waals surface area contributed by atoms with Crippen molar-refractivity contribution in [2.24, 2.45) is 11.7 Å². The molecule has 4 nitrogen and oxygen atoms in total. The molecule has 1 aromatic heterocycles. The minimum absolute atomic E-state index is 0.178. The lowest BCUT2D eigenvalue weighted by atomic mass is 10.0. The molecule has 1 amide bonds. The smallest absolute Gasteiger partial charge is 0.241 e. The number of hydrogen-bond donors (Lipinski definition) is 2. The fourth-order valence-electron chi connectivity index (χ4n) is 1.32. The van der Waals surface area contributed by atoms with Gasteiger partial charge in [-0.1, -0.05) is 13.8 Å². The van der Waals surface area contributed by atoms with E-state index in [-0.39, 0.29) is 5.91 Å². The van der Waals surface area contributed by atoms with Gasteiger partial charge in [0, 0.05) is 6.20 Å². The molecule has 88 valence electrons. The molecule has 0 fully saturated rings. The molecule has 0 unspecified atom stereocenters.